The Morgan fingerprint density at radius 1 is 1.04 bits per heavy atom. The van der Waals surface area contributed by atoms with Crippen LogP contribution in [0.15, 0.2) is 54.6 Å². The number of ether oxygens (including phenoxy) is 2. The zero-order chi connectivity index (χ0) is 15.4. The highest BCUT2D eigenvalue weighted by atomic mass is 35.5. The monoisotopic (exact) mass is 333 g/mol. The van der Waals surface area contributed by atoms with Gasteiger partial charge in [0.05, 0.1) is 13.7 Å². The van der Waals surface area contributed by atoms with Crippen molar-refractivity contribution in [2.75, 3.05) is 33.4 Å². The summed E-state index contributed by atoms with van der Waals surface area (Å²) in [6, 6.07) is 19.0. The van der Waals surface area contributed by atoms with E-state index in [1.54, 1.807) is 0 Å². The van der Waals surface area contributed by atoms with Crippen molar-refractivity contribution >= 4 is 0 Å². The van der Waals surface area contributed by atoms with Crippen LogP contribution in [0.1, 0.15) is 12.5 Å². The van der Waals surface area contributed by atoms with E-state index in [1.807, 2.05) is 13.0 Å². The molecule has 1 fully saturated rings. The number of benzene rings is 2. The molecule has 1 saturated heterocycles. The molecule has 23 heavy (non-hydrogen) atoms. The maximum atomic E-state index is 6.06. The molecule has 3 rings (SSSR count). The lowest BCUT2D eigenvalue weighted by Gasteiger charge is -2.38. The summed E-state index contributed by atoms with van der Waals surface area (Å²) in [5, 5.41) is 0. The van der Waals surface area contributed by atoms with Gasteiger partial charge in [-0.05, 0) is 18.1 Å². The predicted molar refractivity (Wildman–Crippen MR) is 87.8 cm³/mol. The number of nitrogens with one attached hydrogen (secondary N) is 1. The van der Waals surface area contributed by atoms with Crippen molar-refractivity contribution in [2.45, 2.75) is 12.7 Å². The summed E-state index contributed by atoms with van der Waals surface area (Å²) in [4.78, 5) is 1.44. The van der Waals surface area contributed by atoms with E-state index in [2.05, 4.69) is 55.6 Å². The Morgan fingerprint density at radius 2 is 1.70 bits per heavy atom. The van der Waals surface area contributed by atoms with Gasteiger partial charge >= 0.3 is 0 Å². The molecule has 1 N–H and O–H groups in total. The van der Waals surface area contributed by atoms with Crippen molar-refractivity contribution in [3.8, 4) is 11.1 Å². The topological polar surface area (TPSA) is 22.9 Å². The minimum absolute atomic E-state index is 0. The fourth-order valence-corrected chi connectivity index (χ4v) is 3.07. The first-order valence-electron chi connectivity index (χ1n) is 7.99. The van der Waals surface area contributed by atoms with Crippen molar-refractivity contribution in [1.82, 2.24) is 0 Å². The standard InChI is InChI=1S/C19H23NO2.ClH/c1-3-21-19(15-20(2)13-14-22-19)18-11-9-17(10-12-18)16-7-5-4-6-8-16;/h4-12H,3,13-15H2,1-2H3;1H. The van der Waals surface area contributed by atoms with Crippen LogP contribution in [0.4, 0.5) is 0 Å². The number of quaternary nitrogens is 1. The molecule has 4 heteroatoms. The molecular formula is C19H24ClNO2. The Kier molecular flexibility index (Phi) is 6.19. The second-order valence-electron chi connectivity index (χ2n) is 5.86. The molecule has 1 aliphatic rings. The van der Waals surface area contributed by atoms with Gasteiger partial charge in [0, 0.05) is 12.2 Å². The second-order valence-corrected chi connectivity index (χ2v) is 5.86. The summed E-state index contributed by atoms with van der Waals surface area (Å²) in [5.74, 6) is -0.605. The number of halogens is 1. The summed E-state index contributed by atoms with van der Waals surface area (Å²) in [6.45, 7) is 5.26. The fourth-order valence-electron chi connectivity index (χ4n) is 3.07. The van der Waals surface area contributed by atoms with Gasteiger partial charge in [0.25, 0.3) is 0 Å². The van der Waals surface area contributed by atoms with Crippen molar-refractivity contribution in [1.29, 1.82) is 0 Å². The van der Waals surface area contributed by atoms with Crippen LogP contribution in [0.2, 0.25) is 0 Å². The van der Waals surface area contributed by atoms with Gasteiger partial charge in [0.15, 0.2) is 0 Å². The first kappa shape index (κ1) is 18.0. The molecule has 2 aromatic rings. The van der Waals surface area contributed by atoms with Crippen LogP contribution in [0, 0.1) is 0 Å². The summed E-state index contributed by atoms with van der Waals surface area (Å²) in [6.07, 6.45) is 0. The molecule has 2 aromatic carbocycles. The van der Waals surface area contributed by atoms with Crippen molar-refractivity contribution in [3.05, 3.63) is 60.2 Å². The Hall–Kier alpha value is -1.39. The van der Waals surface area contributed by atoms with Gasteiger partial charge in [-0.1, -0.05) is 54.6 Å². The van der Waals surface area contributed by atoms with E-state index in [1.165, 1.54) is 16.0 Å². The summed E-state index contributed by atoms with van der Waals surface area (Å²) in [7, 11) is 2.19. The van der Waals surface area contributed by atoms with E-state index in [9.17, 15) is 0 Å². The molecule has 1 aliphatic heterocycles. The number of hydrogen-bond acceptors (Lipinski definition) is 2. The van der Waals surface area contributed by atoms with Crippen molar-refractivity contribution in [3.63, 3.8) is 0 Å². The third-order valence-corrected chi connectivity index (χ3v) is 4.21. The lowest BCUT2D eigenvalue weighted by molar-refractivity contribution is -0.904. The van der Waals surface area contributed by atoms with Gasteiger partial charge in [-0.2, -0.15) is 0 Å². The summed E-state index contributed by atoms with van der Waals surface area (Å²) < 4.78 is 12.1. The van der Waals surface area contributed by atoms with Crippen molar-refractivity contribution in [2.24, 2.45) is 0 Å². The Morgan fingerprint density at radius 3 is 2.30 bits per heavy atom. The molecule has 0 radical (unpaired) electrons. The lowest BCUT2D eigenvalue weighted by Crippen LogP contribution is -3.12. The van der Waals surface area contributed by atoms with Crippen LogP contribution < -0.4 is 17.3 Å². The molecule has 0 aliphatic carbocycles. The molecule has 0 amide bonds. The highest BCUT2D eigenvalue weighted by molar-refractivity contribution is 5.63. The molecule has 0 spiro atoms. The molecule has 2 atom stereocenters. The molecule has 0 bridgehead atoms. The van der Waals surface area contributed by atoms with E-state index in [4.69, 9.17) is 9.47 Å². The van der Waals surface area contributed by atoms with Crippen LogP contribution in [0.5, 0.6) is 0 Å². The van der Waals surface area contributed by atoms with E-state index in [0.717, 1.165) is 25.3 Å². The molecule has 0 aromatic heterocycles. The minimum Gasteiger partial charge on any atom is -1.00 e. The van der Waals surface area contributed by atoms with E-state index >= 15 is 0 Å². The smallest absolute Gasteiger partial charge is 0.246 e. The first-order chi connectivity index (χ1) is 10.7. The highest BCUT2D eigenvalue weighted by Crippen LogP contribution is 2.29. The number of likely N-dealkylation sites (N-methyl/N-ethyl adjacent to an activating group) is 1. The average Bonchev–Trinajstić information content (AvgIpc) is 2.56. The summed E-state index contributed by atoms with van der Waals surface area (Å²) >= 11 is 0. The average molecular weight is 334 g/mol. The van der Waals surface area contributed by atoms with Gasteiger partial charge in [-0.15, -0.1) is 0 Å². The zero-order valence-electron chi connectivity index (χ0n) is 13.7. The van der Waals surface area contributed by atoms with Crippen LogP contribution in [0.25, 0.3) is 11.1 Å². The number of morpholine rings is 1. The number of hydrogen-bond donors (Lipinski definition) is 1. The van der Waals surface area contributed by atoms with Gasteiger partial charge in [0.1, 0.15) is 13.1 Å². The quantitative estimate of drug-likeness (QED) is 0.783. The largest absolute Gasteiger partial charge is 1.00 e. The maximum absolute atomic E-state index is 6.06. The molecule has 3 nitrogen and oxygen atoms in total. The van der Waals surface area contributed by atoms with Gasteiger partial charge in [-0.3, -0.25) is 0 Å². The maximum Gasteiger partial charge on any atom is 0.246 e. The molecule has 124 valence electrons. The van der Waals surface area contributed by atoms with Gasteiger partial charge in [-0.25, -0.2) is 0 Å². The van der Waals surface area contributed by atoms with Crippen LogP contribution in [-0.4, -0.2) is 33.4 Å². The Balaban J connectivity index is 0.00000192. The molecular weight excluding hydrogens is 310 g/mol. The molecule has 1 heterocycles. The normalized spacial score (nSPS) is 24.0. The number of rotatable bonds is 4. The SMILES string of the molecule is CCOC1(c2ccc(-c3ccccc3)cc2)C[NH+](C)CCO1.[Cl-]. The Bertz CT molecular complexity index is 599. The minimum atomic E-state index is -0.605. The zero-order valence-corrected chi connectivity index (χ0v) is 14.5. The second kappa shape index (κ2) is 7.93. The summed E-state index contributed by atoms with van der Waals surface area (Å²) in [5.41, 5.74) is 3.55. The lowest BCUT2D eigenvalue weighted by atomic mass is 9.99. The van der Waals surface area contributed by atoms with E-state index < -0.39 is 5.79 Å². The van der Waals surface area contributed by atoms with Gasteiger partial charge < -0.3 is 26.8 Å². The predicted octanol–water partition coefficient (Wildman–Crippen LogP) is -0.908. The third-order valence-electron chi connectivity index (χ3n) is 4.21. The van der Waals surface area contributed by atoms with Crippen LogP contribution >= 0.6 is 0 Å². The highest BCUT2D eigenvalue weighted by Gasteiger charge is 2.41. The molecule has 2 unspecified atom stereocenters. The Labute approximate surface area is 144 Å². The fraction of sp³-hybridized carbons (Fsp3) is 0.368. The third kappa shape index (κ3) is 3.93. The van der Waals surface area contributed by atoms with Crippen molar-refractivity contribution < 1.29 is 26.8 Å². The van der Waals surface area contributed by atoms with Crippen LogP contribution in [-0.2, 0) is 15.3 Å². The van der Waals surface area contributed by atoms with Gasteiger partial charge in [0.2, 0.25) is 5.79 Å². The van der Waals surface area contributed by atoms with Crippen LogP contribution in [0.3, 0.4) is 0 Å². The first-order valence-corrected chi connectivity index (χ1v) is 7.99. The van der Waals surface area contributed by atoms with E-state index in [-0.39, 0.29) is 12.4 Å². The van der Waals surface area contributed by atoms with E-state index in [0.29, 0.717) is 6.61 Å². The molecule has 0 saturated carbocycles.